The van der Waals surface area contributed by atoms with E-state index < -0.39 is 0 Å². The second kappa shape index (κ2) is 1.95. The number of halogens is 1. The van der Waals surface area contributed by atoms with Gasteiger partial charge in [-0.05, 0) is 23.7 Å². The molecule has 2 heterocycles. The van der Waals surface area contributed by atoms with Gasteiger partial charge in [0.1, 0.15) is 0 Å². The topological polar surface area (TPSA) is 28.3 Å². The molecule has 1 aromatic heterocycles. The van der Waals surface area contributed by atoms with E-state index in [1.54, 1.807) is 17.4 Å². The van der Waals surface area contributed by atoms with Gasteiger partial charge in [0.05, 0.1) is 5.69 Å². The molecule has 0 saturated carbocycles. The number of pyridine rings is 1. The van der Waals surface area contributed by atoms with Crippen molar-refractivity contribution in [2.75, 3.05) is 5.01 Å². The molecule has 0 amide bonds. The maximum atomic E-state index is 5.54. The highest BCUT2D eigenvalue weighted by molar-refractivity contribution is 6.71. The van der Waals surface area contributed by atoms with Crippen molar-refractivity contribution in [1.29, 1.82) is 0 Å². The van der Waals surface area contributed by atoms with E-state index in [-0.39, 0.29) is 0 Å². The van der Waals surface area contributed by atoms with E-state index in [1.807, 2.05) is 12.1 Å². The van der Waals surface area contributed by atoms with Crippen molar-refractivity contribution in [2.24, 2.45) is 5.10 Å². The van der Waals surface area contributed by atoms with E-state index in [0.717, 1.165) is 5.69 Å². The van der Waals surface area contributed by atoms with Crippen LogP contribution >= 0.6 is 11.6 Å². The van der Waals surface area contributed by atoms with Crippen LogP contribution in [0.3, 0.4) is 0 Å². The van der Waals surface area contributed by atoms with Crippen LogP contribution in [-0.2, 0) is 0 Å². The third kappa shape index (κ3) is 0.844. The molecule has 0 aliphatic carbocycles. The highest BCUT2D eigenvalue weighted by atomic mass is 35.5. The fourth-order valence-corrected chi connectivity index (χ4v) is 0.883. The number of hydrogen-bond acceptors (Lipinski definition) is 3. The zero-order chi connectivity index (χ0) is 6.97. The first-order valence-corrected chi connectivity index (χ1v) is 3.20. The van der Waals surface area contributed by atoms with Crippen LogP contribution in [0.15, 0.2) is 29.6 Å². The first-order chi connectivity index (χ1) is 4.88. The Balaban J connectivity index is 2.22. The van der Waals surface area contributed by atoms with Gasteiger partial charge in [-0.15, -0.1) is 5.10 Å². The fourth-order valence-electron chi connectivity index (χ4n) is 0.710. The third-order valence-corrected chi connectivity index (χ3v) is 1.46. The van der Waals surface area contributed by atoms with Gasteiger partial charge in [0.2, 0.25) is 5.29 Å². The second-order valence-corrected chi connectivity index (χ2v) is 2.22. The zero-order valence-electron chi connectivity index (χ0n) is 5.03. The van der Waals surface area contributed by atoms with Crippen LogP contribution in [0.2, 0.25) is 0 Å². The smallest absolute Gasteiger partial charge is 0.243 e. The number of rotatable bonds is 1. The number of hydrogen-bond donors (Lipinski definition) is 0. The van der Waals surface area contributed by atoms with Crippen LogP contribution in [0.1, 0.15) is 0 Å². The lowest BCUT2D eigenvalue weighted by atomic mass is 10.4. The summed E-state index contributed by atoms with van der Waals surface area (Å²) in [5.74, 6) is 0. The van der Waals surface area contributed by atoms with Crippen molar-refractivity contribution in [2.45, 2.75) is 0 Å². The van der Waals surface area contributed by atoms with Crippen molar-refractivity contribution in [3.63, 3.8) is 0 Å². The summed E-state index contributed by atoms with van der Waals surface area (Å²) in [4.78, 5) is 3.86. The Morgan fingerprint density at radius 3 is 2.40 bits per heavy atom. The molecular weight excluding hydrogens is 150 g/mol. The van der Waals surface area contributed by atoms with E-state index in [1.165, 1.54) is 0 Å². The van der Waals surface area contributed by atoms with Gasteiger partial charge >= 0.3 is 0 Å². The van der Waals surface area contributed by atoms with Gasteiger partial charge in [0.15, 0.2) is 0 Å². The minimum Gasteiger partial charge on any atom is -0.265 e. The van der Waals surface area contributed by atoms with E-state index in [4.69, 9.17) is 11.6 Å². The summed E-state index contributed by atoms with van der Waals surface area (Å²) in [5.41, 5.74) is 0.958. The molecule has 1 aliphatic rings. The van der Waals surface area contributed by atoms with Gasteiger partial charge in [0.25, 0.3) is 0 Å². The normalized spacial score (nSPS) is 14.9. The molecule has 50 valence electrons. The first kappa shape index (κ1) is 5.68. The van der Waals surface area contributed by atoms with Crippen LogP contribution in [0, 0.1) is 0 Å². The average Bonchev–Trinajstić information content (AvgIpc) is 2.69. The van der Waals surface area contributed by atoms with Gasteiger partial charge in [-0.3, -0.25) is 4.98 Å². The quantitative estimate of drug-likeness (QED) is 0.571. The molecule has 3 nitrogen and oxygen atoms in total. The molecule has 10 heavy (non-hydrogen) atoms. The Bertz CT molecular complexity index is 270. The molecule has 0 spiro atoms. The molecule has 4 heteroatoms. The number of amidine groups is 1. The lowest BCUT2D eigenvalue weighted by molar-refractivity contribution is 1.27. The Kier molecular flexibility index (Phi) is 1.11. The molecule has 1 aliphatic heterocycles. The molecule has 0 fully saturated rings. The van der Waals surface area contributed by atoms with Crippen LogP contribution in [-0.4, -0.2) is 10.3 Å². The van der Waals surface area contributed by atoms with Crippen LogP contribution < -0.4 is 5.01 Å². The highest BCUT2D eigenvalue weighted by Gasteiger charge is 2.22. The van der Waals surface area contributed by atoms with Crippen molar-refractivity contribution >= 4 is 22.6 Å². The minimum absolute atomic E-state index is 0.534. The molecule has 1 aromatic rings. The minimum atomic E-state index is 0.534. The third-order valence-electron chi connectivity index (χ3n) is 1.23. The SMILES string of the molecule is ClC1=NN1c1ccncc1. The Hall–Kier alpha value is -1.09. The second-order valence-electron chi connectivity index (χ2n) is 1.89. The summed E-state index contributed by atoms with van der Waals surface area (Å²) in [6.07, 6.45) is 3.40. The summed E-state index contributed by atoms with van der Waals surface area (Å²) >= 11 is 5.54. The van der Waals surface area contributed by atoms with Crippen molar-refractivity contribution < 1.29 is 0 Å². The number of aromatic nitrogens is 1. The maximum Gasteiger partial charge on any atom is 0.243 e. The summed E-state index contributed by atoms with van der Waals surface area (Å²) in [7, 11) is 0. The summed E-state index contributed by atoms with van der Waals surface area (Å²) in [5, 5.41) is 5.99. The maximum absolute atomic E-state index is 5.54. The summed E-state index contributed by atoms with van der Waals surface area (Å²) < 4.78 is 0. The van der Waals surface area contributed by atoms with Gasteiger partial charge in [-0.1, -0.05) is 0 Å². The Morgan fingerprint density at radius 1 is 1.30 bits per heavy atom. The standard InChI is InChI=1S/C6H4ClN3/c7-6-9-10(6)5-1-3-8-4-2-5/h1-4H. The number of anilines is 1. The number of hydrazone groups is 1. The molecule has 0 unspecified atom stereocenters. The van der Waals surface area contributed by atoms with E-state index in [0.29, 0.717) is 5.29 Å². The molecule has 0 saturated heterocycles. The van der Waals surface area contributed by atoms with Crippen molar-refractivity contribution in [1.82, 2.24) is 4.98 Å². The van der Waals surface area contributed by atoms with E-state index in [2.05, 4.69) is 10.1 Å². The first-order valence-electron chi connectivity index (χ1n) is 2.82. The van der Waals surface area contributed by atoms with Crippen LogP contribution in [0.4, 0.5) is 5.69 Å². The lowest BCUT2D eigenvalue weighted by Crippen LogP contribution is -1.96. The largest absolute Gasteiger partial charge is 0.265 e. The zero-order valence-corrected chi connectivity index (χ0v) is 5.78. The van der Waals surface area contributed by atoms with Gasteiger partial charge in [0, 0.05) is 12.4 Å². The molecular formula is C6H4ClN3. The molecule has 0 atom stereocenters. The molecule has 0 bridgehead atoms. The number of nitrogens with zero attached hydrogens (tertiary/aromatic N) is 3. The van der Waals surface area contributed by atoms with Crippen LogP contribution in [0.25, 0.3) is 0 Å². The monoisotopic (exact) mass is 153 g/mol. The van der Waals surface area contributed by atoms with E-state index >= 15 is 0 Å². The average molecular weight is 154 g/mol. The fraction of sp³-hybridized carbons (Fsp3) is 0. The van der Waals surface area contributed by atoms with Crippen LogP contribution in [0.5, 0.6) is 0 Å². The Labute approximate surface area is 62.9 Å². The molecule has 2 rings (SSSR count). The Morgan fingerprint density at radius 2 is 1.90 bits per heavy atom. The van der Waals surface area contributed by atoms with E-state index in [9.17, 15) is 0 Å². The van der Waals surface area contributed by atoms with Gasteiger partial charge in [-0.25, -0.2) is 5.01 Å². The van der Waals surface area contributed by atoms with Gasteiger partial charge < -0.3 is 0 Å². The summed E-state index contributed by atoms with van der Waals surface area (Å²) in [6.45, 7) is 0. The van der Waals surface area contributed by atoms with Gasteiger partial charge in [-0.2, -0.15) is 0 Å². The lowest BCUT2D eigenvalue weighted by Gasteiger charge is -1.96. The highest BCUT2D eigenvalue weighted by Crippen LogP contribution is 2.23. The predicted octanol–water partition coefficient (Wildman–Crippen LogP) is 1.41. The predicted molar refractivity (Wildman–Crippen MR) is 40.0 cm³/mol. The summed E-state index contributed by atoms with van der Waals surface area (Å²) in [6, 6.07) is 3.69. The van der Waals surface area contributed by atoms with Crippen molar-refractivity contribution in [3.05, 3.63) is 24.5 Å². The molecule has 0 N–H and O–H groups in total. The molecule has 0 radical (unpaired) electrons. The van der Waals surface area contributed by atoms with Crippen molar-refractivity contribution in [3.8, 4) is 0 Å². The molecule has 0 aromatic carbocycles.